The van der Waals surface area contributed by atoms with Crippen molar-refractivity contribution >= 4 is 27.6 Å². The minimum Gasteiger partial charge on any atom is -0.369 e. The quantitative estimate of drug-likeness (QED) is 0.659. The highest BCUT2D eigenvalue weighted by Crippen LogP contribution is 2.37. The lowest BCUT2D eigenvalue weighted by Crippen LogP contribution is -2.50. The molecular formula is C18H16F5N5O3S. The Hall–Kier alpha value is -3.29. The summed E-state index contributed by atoms with van der Waals surface area (Å²) in [5, 5.41) is 2.09. The zero-order valence-electron chi connectivity index (χ0n) is 16.5. The first kappa shape index (κ1) is 23.4. The highest BCUT2D eigenvalue weighted by atomic mass is 32.2. The summed E-state index contributed by atoms with van der Waals surface area (Å²) in [7, 11) is -2.91. The molecule has 2 aromatic rings. The number of halogens is 5. The molecule has 14 heteroatoms. The van der Waals surface area contributed by atoms with Gasteiger partial charge in [0.2, 0.25) is 16.0 Å². The second-order valence-electron chi connectivity index (χ2n) is 7.14. The number of hydrogen-bond donors (Lipinski definition) is 2. The number of benzene rings is 1. The van der Waals surface area contributed by atoms with E-state index in [9.17, 15) is 30.8 Å². The van der Waals surface area contributed by atoms with E-state index in [4.69, 9.17) is 5.73 Å². The van der Waals surface area contributed by atoms with Crippen molar-refractivity contribution in [2.75, 3.05) is 18.1 Å². The standard InChI is InChI=1S/C18H16F5N5O3S/c1-17(8-32(30,31)28(2)16(24)27-17)13-10(19)4-6-11(14(13)20)26-15(29)12-5-3-9(7-25-12)18(21,22)23/h3-7H,8H2,1-2H3,(H2,24,27)(H,26,29). The van der Waals surface area contributed by atoms with Crippen LogP contribution in [0.4, 0.5) is 27.6 Å². The number of alkyl halides is 3. The average molecular weight is 477 g/mol. The molecule has 0 radical (unpaired) electrons. The molecule has 32 heavy (non-hydrogen) atoms. The summed E-state index contributed by atoms with van der Waals surface area (Å²) in [4.78, 5) is 19.6. The Morgan fingerprint density at radius 3 is 2.41 bits per heavy atom. The molecule has 0 spiro atoms. The maximum atomic E-state index is 15.2. The summed E-state index contributed by atoms with van der Waals surface area (Å²) in [6, 6.07) is 3.07. The van der Waals surface area contributed by atoms with Crippen LogP contribution in [0, 0.1) is 11.6 Å². The van der Waals surface area contributed by atoms with E-state index in [0.717, 1.165) is 32.2 Å². The van der Waals surface area contributed by atoms with Crippen molar-refractivity contribution in [3.63, 3.8) is 0 Å². The van der Waals surface area contributed by atoms with Crippen LogP contribution in [0.2, 0.25) is 0 Å². The van der Waals surface area contributed by atoms with Gasteiger partial charge in [-0.25, -0.2) is 26.5 Å². The second-order valence-corrected chi connectivity index (χ2v) is 9.14. The van der Waals surface area contributed by atoms with Crippen LogP contribution >= 0.6 is 0 Å². The number of nitrogens with two attached hydrogens (primary N) is 1. The molecule has 1 aliphatic rings. The molecule has 0 saturated carbocycles. The molecule has 3 N–H and O–H groups in total. The molecule has 1 aromatic carbocycles. The van der Waals surface area contributed by atoms with Gasteiger partial charge >= 0.3 is 6.18 Å². The van der Waals surface area contributed by atoms with E-state index < -0.39 is 73.5 Å². The van der Waals surface area contributed by atoms with E-state index in [1.807, 2.05) is 0 Å². The van der Waals surface area contributed by atoms with Gasteiger partial charge in [-0.15, -0.1) is 0 Å². The van der Waals surface area contributed by atoms with Gasteiger partial charge in [-0.2, -0.15) is 13.2 Å². The third-order valence-corrected chi connectivity index (χ3v) is 6.71. The topological polar surface area (TPSA) is 118 Å². The number of carbonyl (C=O) groups excluding carboxylic acids is 1. The molecule has 0 fully saturated rings. The number of pyridine rings is 1. The largest absolute Gasteiger partial charge is 0.417 e. The minimum atomic E-state index is -4.66. The van der Waals surface area contributed by atoms with E-state index in [-0.39, 0.29) is 0 Å². The third-order valence-electron chi connectivity index (χ3n) is 4.77. The number of aliphatic imine (C=N–C) groups is 1. The zero-order chi connectivity index (χ0) is 24.1. The van der Waals surface area contributed by atoms with Crippen LogP contribution < -0.4 is 11.1 Å². The van der Waals surface area contributed by atoms with Crippen molar-refractivity contribution in [1.82, 2.24) is 9.29 Å². The fourth-order valence-electron chi connectivity index (χ4n) is 3.10. The van der Waals surface area contributed by atoms with E-state index in [2.05, 4.69) is 15.3 Å². The Morgan fingerprint density at radius 1 is 1.22 bits per heavy atom. The Bertz CT molecular complexity index is 1210. The minimum absolute atomic E-state index is 0.434. The summed E-state index contributed by atoms with van der Waals surface area (Å²) in [6.45, 7) is 1.16. The number of nitrogens with zero attached hydrogens (tertiary/aromatic N) is 3. The Labute approximate surface area is 179 Å². The number of guanidine groups is 1. The van der Waals surface area contributed by atoms with Crippen LogP contribution in [-0.2, 0) is 21.7 Å². The smallest absolute Gasteiger partial charge is 0.369 e. The van der Waals surface area contributed by atoms with Gasteiger partial charge in [-0.1, -0.05) is 0 Å². The number of anilines is 1. The number of hydrogen-bond acceptors (Lipinski definition) is 6. The van der Waals surface area contributed by atoms with Gasteiger partial charge in [0, 0.05) is 13.2 Å². The van der Waals surface area contributed by atoms with E-state index in [1.54, 1.807) is 0 Å². The normalized spacial score (nSPS) is 20.6. The molecule has 0 saturated heterocycles. The lowest BCUT2D eigenvalue weighted by Gasteiger charge is -2.35. The first-order chi connectivity index (χ1) is 14.7. The summed E-state index contributed by atoms with van der Waals surface area (Å²) >= 11 is 0. The predicted molar refractivity (Wildman–Crippen MR) is 104 cm³/mol. The maximum Gasteiger partial charge on any atom is 0.417 e. The highest BCUT2D eigenvalue weighted by molar-refractivity contribution is 7.89. The number of carbonyl (C=O) groups is 1. The third kappa shape index (κ3) is 4.22. The van der Waals surface area contributed by atoms with Crippen LogP contribution in [0.15, 0.2) is 35.5 Å². The van der Waals surface area contributed by atoms with Crippen molar-refractivity contribution in [3.05, 3.63) is 58.9 Å². The van der Waals surface area contributed by atoms with Crippen molar-refractivity contribution in [2.45, 2.75) is 18.6 Å². The van der Waals surface area contributed by atoms with Crippen molar-refractivity contribution in [3.8, 4) is 0 Å². The molecule has 0 bridgehead atoms. The lowest BCUT2D eigenvalue weighted by atomic mass is 9.92. The van der Waals surface area contributed by atoms with E-state index in [0.29, 0.717) is 16.6 Å². The molecule has 1 aromatic heterocycles. The Morgan fingerprint density at radius 2 is 1.88 bits per heavy atom. The lowest BCUT2D eigenvalue weighted by molar-refractivity contribution is -0.137. The number of aromatic nitrogens is 1. The number of nitrogens with one attached hydrogen (secondary N) is 1. The van der Waals surface area contributed by atoms with Crippen molar-refractivity contribution in [2.24, 2.45) is 10.7 Å². The van der Waals surface area contributed by atoms with Crippen LogP contribution in [0.1, 0.15) is 28.5 Å². The zero-order valence-corrected chi connectivity index (χ0v) is 17.4. The Balaban J connectivity index is 1.98. The fourth-order valence-corrected chi connectivity index (χ4v) is 4.54. The molecule has 0 aliphatic carbocycles. The number of rotatable bonds is 3. The molecule has 1 aliphatic heterocycles. The number of sulfonamides is 1. The van der Waals surface area contributed by atoms with Crippen LogP contribution in [-0.4, -0.2) is 42.4 Å². The molecule has 8 nitrogen and oxygen atoms in total. The van der Waals surface area contributed by atoms with Gasteiger partial charge < -0.3 is 11.1 Å². The first-order valence-corrected chi connectivity index (χ1v) is 10.4. The predicted octanol–water partition coefficient (Wildman–Crippen LogP) is 2.44. The molecule has 1 amide bonds. The molecule has 3 rings (SSSR count). The van der Waals surface area contributed by atoms with Crippen LogP contribution in [0.5, 0.6) is 0 Å². The monoisotopic (exact) mass is 477 g/mol. The summed E-state index contributed by atoms with van der Waals surface area (Å²) in [5.41, 5.74) is 0.794. The van der Waals surface area contributed by atoms with E-state index in [1.165, 1.54) is 0 Å². The molecule has 1 unspecified atom stereocenters. The van der Waals surface area contributed by atoms with Gasteiger partial charge in [0.15, 0.2) is 5.82 Å². The van der Waals surface area contributed by atoms with Crippen LogP contribution in [0.3, 0.4) is 0 Å². The molecular weight excluding hydrogens is 461 g/mol. The summed E-state index contributed by atoms with van der Waals surface area (Å²) in [6.07, 6.45) is -4.23. The Kier molecular flexibility index (Phi) is 5.62. The van der Waals surface area contributed by atoms with Gasteiger partial charge in [0.1, 0.15) is 17.1 Å². The van der Waals surface area contributed by atoms with Gasteiger partial charge in [-0.3, -0.25) is 9.78 Å². The van der Waals surface area contributed by atoms with Crippen molar-refractivity contribution < 1.29 is 35.2 Å². The SMILES string of the molecule is CN1C(N)=NC(C)(c2c(F)ccc(NC(=O)c3ccc(C(F)(F)F)cn3)c2F)CS1(=O)=O. The van der Waals surface area contributed by atoms with Crippen LogP contribution in [0.25, 0.3) is 0 Å². The summed E-state index contributed by atoms with van der Waals surface area (Å²) < 4.78 is 92.9. The van der Waals surface area contributed by atoms with Gasteiger partial charge in [0.25, 0.3) is 5.91 Å². The molecule has 2 heterocycles. The molecule has 172 valence electrons. The van der Waals surface area contributed by atoms with E-state index >= 15 is 4.39 Å². The fraction of sp³-hybridized carbons (Fsp3) is 0.278. The second kappa shape index (κ2) is 7.69. The summed E-state index contributed by atoms with van der Waals surface area (Å²) in [5.74, 6) is -4.81. The maximum absolute atomic E-state index is 15.2. The van der Waals surface area contributed by atoms with Gasteiger partial charge in [0.05, 0.1) is 22.6 Å². The van der Waals surface area contributed by atoms with Crippen molar-refractivity contribution in [1.29, 1.82) is 0 Å². The molecule has 1 atom stereocenters. The number of amides is 1. The average Bonchev–Trinajstić information content (AvgIpc) is 2.67. The first-order valence-electron chi connectivity index (χ1n) is 8.81. The highest BCUT2D eigenvalue weighted by Gasteiger charge is 2.44. The van der Waals surface area contributed by atoms with Gasteiger partial charge in [-0.05, 0) is 31.2 Å².